The van der Waals surface area contributed by atoms with Crippen LogP contribution < -0.4 is 5.73 Å². The molecule has 0 aliphatic carbocycles. The highest BCUT2D eigenvalue weighted by Crippen LogP contribution is 2.38. The Bertz CT molecular complexity index is 962. The zero-order valence-electron chi connectivity index (χ0n) is 16.1. The number of rotatable bonds is 7. The second-order valence-electron chi connectivity index (χ2n) is 6.88. The lowest BCUT2D eigenvalue weighted by atomic mass is 10.1. The third kappa shape index (κ3) is 4.16. The Balaban J connectivity index is 2.02. The fraction of sp³-hybridized carbons (Fsp3) is 0.450. The summed E-state index contributed by atoms with van der Waals surface area (Å²) in [5.74, 6) is 0. The van der Waals surface area contributed by atoms with Crippen LogP contribution in [0.2, 0.25) is 0 Å². The number of nitrogens with zero attached hydrogens (tertiary/aromatic N) is 4. The van der Waals surface area contributed by atoms with Crippen LogP contribution >= 0.6 is 0 Å². The zero-order chi connectivity index (χ0) is 20.3. The highest BCUT2D eigenvalue weighted by atomic mass is 19.4. The van der Waals surface area contributed by atoms with Gasteiger partial charge in [0.05, 0.1) is 16.7 Å². The molecular formula is C20H24F3N5. The van der Waals surface area contributed by atoms with Gasteiger partial charge in [-0.05, 0) is 45.4 Å². The van der Waals surface area contributed by atoms with Gasteiger partial charge in [-0.15, -0.1) is 0 Å². The minimum atomic E-state index is -4.60. The van der Waals surface area contributed by atoms with Crippen LogP contribution in [0.4, 0.5) is 13.2 Å². The molecule has 0 saturated carbocycles. The standard InChI is InChI=1S/C20H24F3N5/c1-13-17(14(2)28(27-13)12-8-4-3-7-11-24)18-19(20(21,22)23)26-16-10-6-5-9-15(16)25-18/h5-6,9-10H,3-4,7-8,11-12,24H2,1-2H3. The van der Waals surface area contributed by atoms with Crippen molar-refractivity contribution in [1.82, 2.24) is 19.7 Å². The van der Waals surface area contributed by atoms with Crippen LogP contribution in [-0.2, 0) is 12.7 Å². The number of hydrogen-bond acceptors (Lipinski definition) is 4. The van der Waals surface area contributed by atoms with Gasteiger partial charge in [-0.2, -0.15) is 18.3 Å². The molecule has 0 aliphatic rings. The molecule has 2 aromatic heterocycles. The van der Waals surface area contributed by atoms with Gasteiger partial charge < -0.3 is 5.73 Å². The summed E-state index contributed by atoms with van der Waals surface area (Å²) in [6, 6.07) is 6.58. The Kier molecular flexibility index (Phi) is 5.98. The van der Waals surface area contributed by atoms with Gasteiger partial charge in [-0.3, -0.25) is 4.68 Å². The van der Waals surface area contributed by atoms with Gasteiger partial charge in [0.25, 0.3) is 0 Å². The largest absolute Gasteiger partial charge is 0.435 e. The molecule has 0 spiro atoms. The number of alkyl halides is 3. The second-order valence-corrected chi connectivity index (χ2v) is 6.88. The molecule has 0 atom stereocenters. The minimum absolute atomic E-state index is 0.157. The summed E-state index contributed by atoms with van der Waals surface area (Å²) in [6.07, 6.45) is -0.679. The maximum Gasteiger partial charge on any atom is 0.435 e. The molecule has 0 radical (unpaired) electrons. The summed E-state index contributed by atoms with van der Waals surface area (Å²) in [6.45, 7) is 4.82. The molecule has 3 aromatic rings. The van der Waals surface area contributed by atoms with E-state index in [1.807, 2.05) is 0 Å². The predicted molar refractivity (Wildman–Crippen MR) is 103 cm³/mol. The maximum atomic E-state index is 13.7. The quantitative estimate of drug-likeness (QED) is 0.595. The van der Waals surface area contributed by atoms with Crippen LogP contribution in [0.3, 0.4) is 0 Å². The molecule has 150 valence electrons. The van der Waals surface area contributed by atoms with Crippen molar-refractivity contribution >= 4 is 11.0 Å². The van der Waals surface area contributed by atoms with Gasteiger partial charge in [0, 0.05) is 17.8 Å². The minimum Gasteiger partial charge on any atom is -0.330 e. The molecule has 2 N–H and O–H groups in total. The number of aromatic nitrogens is 4. The number of benzene rings is 1. The van der Waals surface area contributed by atoms with E-state index in [0.717, 1.165) is 25.7 Å². The van der Waals surface area contributed by atoms with Crippen molar-refractivity contribution < 1.29 is 13.2 Å². The Labute approximate surface area is 161 Å². The summed E-state index contributed by atoms with van der Waals surface area (Å²) < 4.78 is 42.9. The van der Waals surface area contributed by atoms with Gasteiger partial charge in [-0.1, -0.05) is 25.0 Å². The number of nitrogens with two attached hydrogens (primary N) is 1. The van der Waals surface area contributed by atoms with Crippen molar-refractivity contribution in [3.8, 4) is 11.3 Å². The Morgan fingerprint density at radius 2 is 1.61 bits per heavy atom. The molecule has 2 heterocycles. The molecule has 0 unspecified atom stereocenters. The van der Waals surface area contributed by atoms with Crippen LogP contribution in [0.15, 0.2) is 24.3 Å². The van der Waals surface area contributed by atoms with Crippen LogP contribution in [0.1, 0.15) is 42.8 Å². The van der Waals surface area contributed by atoms with Crippen molar-refractivity contribution in [3.05, 3.63) is 41.3 Å². The third-order valence-electron chi connectivity index (χ3n) is 4.78. The van der Waals surface area contributed by atoms with Gasteiger partial charge >= 0.3 is 6.18 Å². The number of hydrogen-bond donors (Lipinski definition) is 1. The molecule has 3 rings (SSSR count). The van der Waals surface area contributed by atoms with E-state index in [-0.39, 0.29) is 11.2 Å². The van der Waals surface area contributed by atoms with E-state index in [1.54, 1.807) is 36.7 Å². The fourth-order valence-electron chi connectivity index (χ4n) is 3.39. The molecular weight excluding hydrogens is 367 g/mol. The van der Waals surface area contributed by atoms with Crippen LogP contribution in [-0.4, -0.2) is 26.3 Å². The molecule has 5 nitrogen and oxygen atoms in total. The highest BCUT2D eigenvalue weighted by Gasteiger charge is 2.38. The normalized spacial score (nSPS) is 12.1. The number of para-hydroxylation sites is 2. The summed E-state index contributed by atoms with van der Waals surface area (Å²) in [5, 5.41) is 4.46. The Morgan fingerprint density at radius 3 is 2.25 bits per heavy atom. The van der Waals surface area contributed by atoms with Crippen molar-refractivity contribution in [1.29, 1.82) is 0 Å². The molecule has 0 fully saturated rings. The molecule has 0 amide bonds. The lowest BCUT2D eigenvalue weighted by molar-refractivity contribution is -0.140. The Morgan fingerprint density at radius 1 is 0.964 bits per heavy atom. The molecule has 8 heteroatoms. The first kappa shape index (κ1) is 20.3. The van der Waals surface area contributed by atoms with Gasteiger partial charge in [0.2, 0.25) is 0 Å². The van der Waals surface area contributed by atoms with E-state index >= 15 is 0 Å². The van der Waals surface area contributed by atoms with Crippen LogP contribution in [0.5, 0.6) is 0 Å². The average molecular weight is 391 g/mol. The summed E-state index contributed by atoms with van der Waals surface area (Å²) >= 11 is 0. The van der Waals surface area contributed by atoms with Gasteiger partial charge in [0.1, 0.15) is 5.69 Å². The first-order chi connectivity index (χ1) is 13.3. The molecule has 28 heavy (non-hydrogen) atoms. The zero-order valence-corrected chi connectivity index (χ0v) is 16.1. The molecule has 0 bridgehead atoms. The molecule has 1 aromatic carbocycles. The predicted octanol–water partition coefficient (Wildman–Crippen LogP) is 4.65. The van der Waals surface area contributed by atoms with E-state index in [2.05, 4.69) is 15.1 Å². The smallest absolute Gasteiger partial charge is 0.330 e. The molecule has 0 aliphatic heterocycles. The van der Waals surface area contributed by atoms with Gasteiger partial charge in [0.15, 0.2) is 5.69 Å². The highest BCUT2D eigenvalue weighted by molar-refractivity contribution is 5.79. The number of fused-ring (bicyclic) bond motifs is 1. The topological polar surface area (TPSA) is 69.6 Å². The van der Waals surface area contributed by atoms with Crippen molar-refractivity contribution in [3.63, 3.8) is 0 Å². The molecule has 0 saturated heterocycles. The van der Waals surface area contributed by atoms with E-state index < -0.39 is 11.9 Å². The van der Waals surface area contributed by atoms with Crippen molar-refractivity contribution in [2.75, 3.05) is 6.54 Å². The van der Waals surface area contributed by atoms with Crippen LogP contribution in [0, 0.1) is 13.8 Å². The van der Waals surface area contributed by atoms with E-state index in [9.17, 15) is 13.2 Å². The van der Waals surface area contributed by atoms with Crippen molar-refractivity contribution in [2.24, 2.45) is 5.73 Å². The number of halogens is 3. The van der Waals surface area contributed by atoms with E-state index in [0.29, 0.717) is 35.6 Å². The third-order valence-corrected chi connectivity index (χ3v) is 4.78. The first-order valence-corrected chi connectivity index (χ1v) is 9.41. The first-order valence-electron chi connectivity index (χ1n) is 9.41. The summed E-state index contributed by atoms with van der Waals surface area (Å²) in [4.78, 5) is 8.19. The SMILES string of the molecule is Cc1nn(CCCCCCN)c(C)c1-c1nc2ccccc2nc1C(F)(F)F. The Hall–Kier alpha value is -2.48. The van der Waals surface area contributed by atoms with Crippen molar-refractivity contribution in [2.45, 2.75) is 52.3 Å². The van der Waals surface area contributed by atoms with E-state index in [4.69, 9.17) is 5.73 Å². The monoisotopic (exact) mass is 391 g/mol. The number of aryl methyl sites for hydroxylation is 2. The van der Waals surface area contributed by atoms with Gasteiger partial charge in [-0.25, -0.2) is 9.97 Å². The van der Waals surface area contributed by atoms with Crippen LogP contribution in [0.25, 0.3) is 22.3 Å². The second kappa shape index (κ2) is 8.26. The number of unbranched alkanes of at least 4 members (excludes halogenated alkanes) is 3. The van der Waals surface area contributed by atoms with E-state index in [1.165, 1.54) is 6.07 Å². The average Bonchev–Trinajstić information content (AvgIpc) is 2.93. The summed E-state index contributed by atoms with van der Waals surface area (Å²) in [5.41, 5.74) is 6.63. The lowest BCUT2D eigenvalue weighted by Gasteiger charge is -2.13. The lowest BCUT2D eigenvalue weighted by Crippen LogP contribution is -2.12. The fourth-order valence-corrected chi connectivity index (χ4v) is 3.39. The maximum absolute atomic E-state index is 13.7. The summed E-state index contributed by atoms with van der Waals surface area (Å²) in [7, 11) is 0.